The molecule has 6 heteroatoms. The Bertz CT molecular complexity index is 1360. The molecule has 2 fully saturated rings. The molecule has 0 bridgehead atoms. The second kappa shape index (κ2) is 7.54. The standard InChI is InChI=1S/C29H30N2O4/c1-29(2,3)16-10-13-18-20(14-16)23-24(25-22(18)19-6-4-5-7-21(19)30-25)27(33)31(26(23)32)17-11-8-15(9-12-17)28(34)35/h4-9,11-12,16,18,20,23-24,30H,10,13-14H2,1-3H3,(H,34,35)/t16-,18-,20-,23-,24+/m1/s1. The number of aromatic carboxylic acids is 1. The predicted octanol–water partition coefficient (Wildman–Crippen LogP) is 5.70. The van der Waals surface area contributed by atoms with E-state index in [-0.39, 0.29) is 34.6 Å². The van der Waals surface area contributed by atoms with Crippen LogP contribution in [0.2, 0.25) is 0 Å². The SMILES string of the molecule is CC(C)(C)[C@@H]1CC[C@H]2c3c([nH]c4ccccc34)[C@H]3C(=O)N(c4ccc(C(=O)O)cc4)C(=O)[C@@H]3[C@@H]2C1. The van der Waals surface area contributed by atoms with E-state index in [4.69, 9.17) is 0 Å². The number of nitrogens with zero attached hydrogens (tertiary/aromatic N) is 1. The van der Waals surface area contributed by atoms with Crippen LogP contribution >= 0.6 is 0 Å². The monoisotopic (exact) mass is 470 g/mol. The van der Waals surface area contributed by atoms with Gasteiger partial charge in [-0.05, 0) is 78.3 Å². The Kier molecular flexibility index (Phi) is 4.76. The number of nitrogens with one attached hydrogen (secondary N) is 1. The van der Waals surface area contributed by atoms with E-state index in [0.717, 1.165) is 35.9 Å². The quantitative estimate of drug-likeness (QED) is 0.470. The number of para-hydroxylation sites is 1. The van der Waals surface area contributed by atoms with E-state index >= 15 is 0 Å². The molecule has 0 unspecified atom stereocenters. The maximum absolute atomic E-state index is 14.0. The van der Waals surface area contributed by atoms with Crippen molar-refractivity contribution in [2.45, 2.75) is 51.9 Å². The lowest BCUT2D eigenvalue weighted by Gasteiger charge is -2.47. The molecule has 1 aliphatic heterocycles. The zero-order chi connectivity index (χ0) is 24.6. The van der Waals surface area contributed by atoms with Gasteiger partial charge in [-0.1, -0.05) is 39.0 Å². The van der Waals surface area contributed by atoms with Crippen LogP contribution in [0.1, 0.15) is 73.5 Å². The Morgan fingerprint density at radius 3 is 2.40 bits per heavy atom. The number of benzene rings is 2. The van der Waals surface area contributed by atoms with Crippen molar-refractivity contribution >= 4 is 34.4 Å². The van der Waals surface area contributed by atoms with Crippen molar-refractivity contribution in [2.24, 2.45) is 23.2 Å². The number of aromatic amines is 1. The molecule has 0 radical (unpaired) electrons. The first kappa shape index (κ1) is 22.1. The van der Waals surface area contributed by atoms with Gasteiger partial charge in [0.05, 0.1) is 23.1 Å². The van der Waals surface area contributed by atoms with Gasteiger partial charge in [-0.2, -0.15) is 0 Å². The largest absolute Gasteiger partial charge is 0.478 e. The number of anilines is 1. The van der Waals surface area contributed by atoms with Crippen molar-refractivity contribution in [3.63, 3.8) is 0 Å². The summed E-state index contributed by atoms with van der Waals surface area (Å²) in [6.45, 7) is 6.81. The summed E-state index contributed by atoms with van der Waals surface area (Å²) in [5.74, 6) is -1.52. The fraction of sp³-hybridized carbons (Fsp3) is 0.414. The Morgan fingerprint density at radius 2 is 1.71 bits per heavy atom. The maximum atomic E-state index is 14.0. The first-order chi connectivity index (χ1) is 16.7. The fourth-order valence-corrected chi connectivity index (χ4v) is 7.01. The average molecular weight is 471 g/mol. The van der Waals surface area contributed by atoms with Gasteiger partial charge < -0.3 is 10.1 Å². The number of aromatic nitrogens is 1. The third-order valence-electron chi connectivity index (χ3n) is 8.77. The smallest absolute Gasteiger partial charge is 0.335 e. The summed E-state index contributed by atoms with van der Waals surface area (Å²) in [6, 6.07) is 14.2. The minimum Gasteiger partial charge on any atom is -0.478 e. The van der Waals surface area contributed by atoms with Crippen LogP contribution in [0.15, 0.2) is 48.5 Å². The molecule has 5 atom stereocenters. The summed E-state index contributed by atoms with van der Waals surface area (Å²) >= 11 is 0. The lowest BCUT2D eigenvalue weighted by atomic mass is 9.56. The van der Waals surface area contributed by atoms with Crippen LogP contribution in [0, 0.1) is 23.2 Å². The van der Waals surface area contributed by atoms with Gasteiger partial charge in [0.1, 0.15) is 0 Å². The molecule has 6 rings (SSSR count). The van der Waals surface area contributed by atoms with E-state index in [2.05, 4.69) is 31.8 Å². The van der Waals surface area contributed by atoms with Crippen LogP contribution < -0.4 is 4.90 Å². The summed E-state index contributed by atoms with van der Waals surface area (Å²) in [4.78, 5) is 44.1. The number of carboxylic acid groups (broad SMARTS) is 1. The Hall–Kier alpha value is -3.41. The molecule has 2 aliphatic carbocycles. The lowest BCUT2D eigenvalue weighted by Crippen LogP contribution is -2.41. The molecule has 1 saturated heterocycles. The summed E-state index contributed by atoms with van der Waals surface area (Å²) in [5.41, 5.74) is 3.84. The molecule has 1 aromatic heterocycles. The normalized spacial score (nSPS) is 28.1. The summed E-state index contributed by atoms with van der Waals surface area (Å²) in [5, 5.41) is 10.4. The Labute approximate surface area is 204 Å². The number of hydrogen-bond donors (Lipinski definition) is 2. The maximum Gasteiger partial charge on any atom is 0.335 e. The Balaban J connectivity index is 1.49. The third kappa shape index (κ3) is 3.19. The van der Waals surface area contributed by atoms with Crippen LogP contribution in [0.4, 0.5) is 5.69 Å². The van der Waals surface area contributed by atoms with E-state index < -0.39 is 17.8 Å². The number of imide groups is 1. The number of carbonyl (C=O) groups is 3. The van der Waals surface area contributed by atoms with Crippen molar-refractivity contribution < 1.29 is 19.5 Å². The van der Waals surface area contributed by atoms with Gasteiger partial charge in [-0.15, -0.1) is 0 Å². The van der Waals surface area contributed by atoms with E-state index in [1.54, 1.807) is 12.1 Å². The zero-order valence-electron chi connectivity index (χ0n) is 20.2. The highest BCUT2D eigenvalue weighted by Gasteiger charge is 2.59. The second-order valence-electron chi connectivity index (χ2n) is 11.5. The highest BCUT2D eigenvalue weighted by Crippen LogP contribution is 2.59. The highest BCUT2D eigenvalue weighted by atomic mass is 16.4. The molecule has 6 nitrogen and oxygen atoms in total. The lowest BCUT2D eigenvalue weighted by molar-refractivity contribution is -0.123. The molecule has 2 amide bonds. The highest BCUT2D eigenvalue weighted by molar-refractivity contribution is 6.24. The van der Waals surface area contributed by atoms with Crippen LogP contribution in [-0.2, 0) is 9.59 Å². The van der Waals surface area contributed by atoms with Gasteiger partial charge in [-0.3, -0.25) is 9.59 Å². The molecular formula is C29H30N2O4. The Morgan fingerprint density at radius 1 is 1.00 bits per heavy atom. The number of rotatable bonds is 2. The van der Waals surface area contributed by atoms with Crippen LogP contribution in [0.3, 0.4) is 0 Å². The molecule has 0 spiro atoms. The number of fused-ring (bicyclic) bond motifs is 8. The van der Waals surface area contributed by atoms with Crippen LogP contribution in [0.25, 0.3) is 10.9 Å². The molecule has 2 aromatic carbocycles. The van der Waals surface area contributed by atoms with Crippen molar-refractivity contribution in [3.05, 3.63) is 65.4 Å². The number of hydrogen-bond acceptors (Lipinski definition) is 3. The number of carbonyl (C=O) groups excluding carboxylic acids is 2. The second-order valence-corrected chi connectivity index (χ2v) is 11.5. The van der Waals surface area contributed by atoms with E-state index in [0.29, 0.717) is 11.6 Å². The predicted molar refractivity (Wildman–Crippen MR) is 133 cm³/mol. The minimum atomic E-state index is -1.04. The molecule has 180 valence electrons. The fourth-order valence-electron chi connectivity index (χ4n) is 7.01. The molecular weight excluding hydrogens is 440 g/mol. The van der Waals surface area contributed by atoms with Gasteiger partial charge in [0.15, 0.2) is 0 Å². The molecule has 2 N–H and O–H groups in total. The van der Waals surface area contributed by atoms with Crippen molar-refractivity contribution in [1.29, 1.82) is 0 Å². The summed E-state index contributed by atoms with van der Waals surface area (Å²) < 4.78 is 0. The third-order valence-corrected chi connectivity index (χ3v) is 8.77. The molecule has 2 heterocycles. The van der Waals surface area contributed by atoms with Crippen molar-refractivity contribution in [3.8, 4) is 0 Å². The number of amides is 2. The topological polar surface area (TPSA) is 90.5 Å². The summed E-state index contributed by atoms with van der Waals surface area (Å²) in [6.07, 6.45) is 3.06. The minimum absolute atomic E-state index is 0.101. The molecule has 35 heavy (non-hydrogen) atoms. The van der Waals surface area contributed by atoms with Gasteiger partial charge in [-0.25, -0.2) is 9.69 Å². The summed E-state index contributed by atoms with van der Waals surface area (Å²) in [7, 11) is 0. The van der Waals surface area contributed by atoms with E-state index in [9.17, 15) is 19.5 Å². The van der Waals surface area contributed by atoms with Crippen molar-refractivity contribution in [1.82, 2.24) is 4.98 Å². The molecule has 1 saturated carbocycles. The van der Waals surface area contributed by atoms with Gasteiger partial charge in [0, 0.05) is 16.6 Å². The van der Waals surface area contributed by atoms with Crippen molar-refractivity contribution in [2.75, 3.05) is 4.90 Å². The van der Waals surface area contributed by atoms with Crippen LogP contribution in [-0.4, -0.2) is 27.9 Å². The van der Waals surface area contributed by atoms with Gasteiger partial charge >= 0.3 is 5.97 Å². The van der Waals surface area contributed by atoms with E-state index in [1.807, 2.05) is 18.2 Å². The number of H-pyrrole nitrogens is 1. The number of carboxylic acids is 1. The van der Waals surface area contributed by atoms with Gasteiger partial charge in [0.25, 0.3) is 0 Å². The van der Waals surface area contributed by atoms with E-state index in [1.165, 1.54) is 22.6 Å². The first-order valence-corrected chi connectivity index (χ1v) is 12.5. The molecule has 3 aromatic rings. The average Bonchev–Trinajstić information content (AvgIpc) is 3.33. The first-order valence-electron chi connectivity index (χ1n) is 12.5. The van der Waals surface area contributed by atoms with Crippen LogP contribution in [0.5, 0.6) is 0 Å². The zero-order valence-corrected chi connectivity index (χ0v) is 20.2. The molecule has 3 aliphatic rings. The van der Waals surface area contributed by atoms with Gasteiger partial charge in [0.2, 0.25) is 11.8 Å².